The number of aryl methyl sites for hydroxylation is 2. The van der Waals surface area contributed by atoms with E-state index in [0.29, 0.717) is 5.69 Å². The maximum atomic E-state index is 12.7. The summed E-state index contributed by atoms with van der Waals surface area (Å²) in [7, 11) is 1.22. The summed E-state index contributed by atoms with van der Waals surface area (Å²) >= 11 is 0.921. The average molecular weight is 358 g/mol. The summed E-state index contributed by atoms with van der Waals surface area (Å²) < 4.78 is 39.0. The Balaban J connectivity index is 2.08. The minimum Gasteiger partial charge on any atom is -0.325 e. The van der Waals surface area contributed by atoms with E-state index in [-0.39, 0.29) is 11.1 Å². The molecule has 1 amide bonds. The van der Waals surface area contributed by atoms with E-state index in [1.54, 1.807) is 13.0 Å². The molecule has 1 aromatic heterocycles. The molecule has 2 aromatic rings. The molecule has 2 rings (SSSR count). The molecule has 0 fully saturated rings. The van der Waals surface area contributed by atoms with Crippen LogP contribution in [0, 0.1) is 13.8 Å². The second-order valence-corrected chi connectivity index (χ2v) is 6.74. The minimum absolute atomic E-state index is 0.0330. The Morgan fingerprint density at radius 1 is 1.29 bits per heavy atom. The third kappa shape index (κ3) is 4.08. The lowest BCUT2D eigenvalue weighted by atomic mass is 10.1. The zero-order valence-electron chi connectivity index (χ0n) is 13.6. The largest absolute Gasteiger partial charge is 0.451 e. The number of carbonyl (C=O) groups is 1. The van der Waals surface area contributed by atoms with E-state index in [9.17, 15) is 18.0 Å². The van der Waals surface area contributed by atoms with Crippen molar-refractivity contribution >= 4 is 23.4 Å². The molecule has 24 heavy (non-hydrogen) atoms. The summed E-state index contributed by atoms with van der Waals surface area (Å²) in [5.41, 5.74) is 2.66. The number of nitrogens with one attached hydrogen (secondary N) is 1. The Hall–Kier alpha value is -2.03. The maximum absolute atomic E-state index is 12.7. The molecule has 9 heteroatoms. The summed E-state index contributed by atoms with van der Waals surface area (Å²) in [6.07, 6.45) is -4.58. The van der Waals surface area contributed by atoms with Gasteiger partial charge in [-0.05, 0) is 32.4 Å². The number of amides is 1. The van der Waals surface area contributed by atoms with Gasteiger partial charge in [-0.2, -0.15) is 13.2 Å². The van der Waals surface area contributed by atoms with Gasteiger partial charge in [0, 0.05) is 12.7 Å². The molecule has 0 saturated carbocycles. The highest BCUT2D eigenvalue weighted by Crippen LogP contribution is 2.31. The number of halogens is 3. The predicted molar refractivity (Wildman–Crippen MR) is 85.9 cm³/mol. The normalized spacial score (nSPS) is 13.0. The van der Waals surface area contributed by atoms with E-state index >= 15 is 0 Å². The second kappa shape index (κ2) is 6.84. The van der Waals surface area contributed by atoms with Crippen molar-refractivity contribution in [2.45, 2.75) is 37.4 Å². The van der Waals surface area contributed by atoms with Gasteiger partial charge >= 0.3 is 6.18 Å². The Morgan fingerprint density at radius 2 is 1.96 bits per heavy atom. The number of nitrogens with zero attached hydrogens (tertiary/aromatic N) is 3. The van der Waals surface area contributed by atoms with Gasteiger partial charge < -0.3 is 9.88 Å². The number of rotatable bonds is 4. The van der Waals surface area contributed by atoms with Crippen LogP contribution in [0.1, 0.15) is 23.9 Å². The number of carbonyl (C=O) groups excluding carboxylic acids is 1. The molecule has 0 bridgehead atoms. The van der Waals surface area contributed by atoms with Gasteiger partial charge in [0.05, 0.1) is 5.25 Å². The fraction of sp³-hybridized carbons (Fsp3) is 0.400. The van der Waals surface area contributed by atoms with Crippen molar-refractivity contribution in [1.29, 1.82) is 0 Å². The zero-order valence-corrected chi connectivity index (χ0v) is 14.4. The summed E-state index contributed by atoms with van der Waals surface area (Å²) in [6.45, 7) is 5.42. The molecular weight excluding hydrogens is 341 g/mol. The van der Waals surface area contributed by atoms with Crippen LogP contribution in [0.2, 0.25) is 0 Å². The molecule has 1 N–H and O–H groups in total. The first-order chi connectivity index (χ1) is 11.1. The van der Waals surface area contributed by atoms with Crippen LogP contribution < -0.4 is 5.32 Å². The van der Waals surface area contributed by atoms with Crippen molar-refractivity contribution in [2.75, 3.05) is 5.32 Å². The lowest BCUT2D eigenvalue weighted by Gasteiger charge is -2.13. The molecule has 0 saturated heterocycles. The number of thioether (sulfide) groups is 1. The minimum atomic E-state index is -4.58. The van der Waals surface area contributed by atoms with E-state index in [4.69, 9.17) is 0 Å². The van der Waals surface area contributed by atoms with Crippen LogP contribution in [0.5, 0.6) is 0 Å². The highest BCUT2D eigenvalue weighted by atomic mass is 32.2. The topological polar surface area (TPSA) is 59.8 Å². The van der Waals surface area contributed by atoms with Gasteiger partial charge in [-0.3, -0.25) is 4.79 Å². The first-order valence-electron chi connectivity index (χ1n) is 7.11. The van der Waals surface area contributed by atoms with Gasteiger partial charge in [-0.1, -0.05) is 29.5 Å². The number of aromatic nitrogens is 3. The van der Waals surface area contributed by atoms with E-state index in [1.807, 2.05) is 26.0 Å². The van der Waals surface area contributed by atoms with E-state index < -0.39 is 17.3 Å². The quantitative estimate of drug-likeness (QED) is 0.849. The van der Waals surface area contributed by atoms with Gasteiger partial charge in [0.2, 0.25) is 11.7 Å². The number of hydrogen-bond acceptors (Lipinski definition) is 4. The number of hydrogen-bond donors (Lipinski definition) is 1. The monoisotopic (exact) mass is 358 g/mol. The van der Waals surface area contributed by atoms with Gasteiger partial charge in [0.15, 0.2) is 5.16 Å². The highest BCUT2D eigenvalue weighted by molar-refractivity contribution is 8.00. The third-order valence-electron chi connectivity index (χ3n) is 3.38. The molecule has 1 heterocycles. The molecule has 0 unspecified atom stereocenters. The number of benzene rings is 1. The van der Waals surface area contributed by atoms with Crippen molar-refractivity contribution in [3.63, 3.8) is 0 Å². The van der Waals surface area contributed by atoms with Crippen molar-refractivity contribution in [3.05, 3.63) is 35.2 Å². The van der Waals surface area contributed by atoms with Crippen LogP contribution in [0.4, 0.5) is 18.9 Å². The van der Waals surface area contributed by atoms with Crippen LogP contribution in [0.25, 0.3) is 0 Å². The lowest BCUT2D eigenvalue weighted by Crippen LogP contribution is -2.23. The Morgan fingerprint density at radius 3 is 2.50 bits per heavy atom. The van der Waals surface area contributed by atoms with Crippen molar-refractivity contribution in [2.24, 2.45) is 7.05 Å². The van der Waals surface area contributed by atoms with Crippen LogP contribution in [-0.4, -0.2) is 25.9 Å². The molecule has 5 nitrogen and oxygen atoms in total. The maximum Gasteiger partial charge on any atom is 0.451 e. The lowest BCUT2D eigenvalue weighted by molar-refractivity contribution is -0.147. The molecule has 1 atom stereocenters. The van der Waals surface area contributed by atoms with Crippen LogP contribution in [0.3, 0.4) is 0 Å². The zero-order chi connectivity index (χ0) is 18.1. The van der Waals surface area contributed by atoms with E-state index in [0.717, 1.165) is 27.5 Å². The standard InChI is InChI=1S/C15H17F3N4OS/c1-8-5-6-11(9(2)7-8)19-12(23)10(3)24-14-21-20-13(22(14)4)15(16,17)18/h5-7,10H,1-4H3,(H,19,23)/t10-/m1/s1. The Kier molecular flexibility index (Phi) is 5.22. The summed E-state index contributed by atoms with van der Waals surface area (Å²) in [5, 5.41) is 8.84. The van der Waals surface area contributed by atoms with Gasteiger partial charge in [-0.15, -0.1) is 10.2 Å². The smallest absolute Gasteiger partial charge is 0.325 e. The van der Waals surface area contributed by atoms with Gasteiger partial charge in [0.1, 0.15) is 0 Å². The Bertz CT molecular complexity index is 758. The first kappa shape index (κ1) is 18.3. The van der Waals surface area contributed by atoms with Gasteiger partial charge in [0.25, 0.3) is 0 Å². The average Bonchev–Trinajstić information content (AvgIpc) is 2.83. The fourth-order valence-corrected chi connectivity index (χ4v) is 2.88. The summed E-state index contributed by atoms with van der Waals surface area (Å²) in [6, 6.07) is 5.61. The molecule has 0 aliphatic carbocycles. The van der Waals surface area contributed by atoms with Crippen molar-refractivity contribution in [1.82, 2.24) is 14.8 Å². The first-order valence-corrected chi connectivity index (χ1v) is 7.99. The Labute approximate surface area is 141 Å². The molecule has 0 aliphatic heterocycles. The fourth-order valence-electron chi connectivity index (χ4n) is 2.06. The number of anilines is 1. The van der Waals surface area contributed by atoms with Crippen LogP contribution >= 0.6 is 11.8 Å². The molecule has 0 radical (unpaired) electrons. The highest BCUT2D eigenvalue weighted by Gasteiger charge is 2.37. The van der Waals surface area contributed by atoms with E-state index in [2.05, 4.69) is 15.5 Å². The number of alkyl halides is 3. The van der Waals surface area contributed by atoms with Crippen LogP contribution in [0.15, 0.2) is 23.4 Å². The summed E-state index contributed by atoms with van der Waals surface area (Å²) in [4.78, 5) is 12.3. The molecular formula is C15H17F3N4OS. The molecule has 1 aromatic carbocycles. The molecule has 0 spiro atoms. The third-order valence-corrected chi connectivity index (χ3v) is 4.51. The van der Waals surface area contributed by atoms with Crippen molar-refractivity contribution in [3.8, 4) is 0 Å². The second-order valence-electron chi connectivity index (χ2n) is 5.43. The SMILES string of the molecule is Cc1ccc(NC(=O)[C@@H](C)Sc2nnc(C(F)(F)F)n2C)c(C)c1. The van der Waals surface area contributed by atoms with Crippen LogP contribution in [-0.2, 0) is 18.0 Å². The van der Waals surface area contributed by atoms with E-state index in [1.165, 1.54) is 7.05 Å². The predicted octanol–water partition coefficient (Wildman–Crippen LogP) is 3.57. The molecule has 0 aliphatic rings. The van der Waals surface area contributed by atoms with Gasteiger partial charge in [-0.25, -0.2) is 0 Å². The summed E-state index contributed by atoms with van der Waals surface area (Å²) in [5.74, 6) is -1.41. The van der Waals surface area contributed by atoms with Crippen molar-refractivity contribution < 1.29 is 18.0 Å². The molecule has 130 valence electrons.